The summed E-state index contributed by atoms with van der Waals surface area (Å²) >= 11 is 0. The number of unbranched alkanes of at least 4 members (excludes halogenated alkanes) is 2. The van der Waals surface area contributed by atoms with E-state index in [-0.39, 0.29) is 0 Å². The minimum absolute atomic E-state index is 0.781. The van der Waals surface area contributed by atoms with E-state index in [0.29, 0.717) is 0 Å². The summed E-state index contributed by atoms with van der Waals surface area (Å²) in [5.74, 6) is 1.77. The van der Waals surface area contributed by atoms with Gasteiger partial charge in [0.2, 0.25) is 0 Å². The van der Waals surface area contributed by atoms with Crippen LogP contribution < -0.4 is 5.32 Å². The third-order valence-electron chi connectivity index (χ3n) is 5.95. The highest BCUT2D eigenvalue weighted by molar-refractivity contribution is 5.66. The van der Waals surface area contributed by atoms with Gasteiger partial charge in [0.25, 0.3) is 0 Å². The average Bonchev–Trinajstić information content (AvgIpc) is 2.69. The van der Waals surface area contributed by atoms with Crippen molar-refractivity contribution < 1.29 is 0 Å². The number of benzene rings is 2. The smallest absolute Gasteiger partial charge is 0.0337 e. The molecule has 1 saturated carbocycles. The Morgan fingerprint density at radius 2 is 1.40 bits per heavy atom. The number of rotatable bonds is 7. The van der Waals surface area contributed by atoms with Crippen LogP contribution >= 0.6 is 0 Å². The quantitative estimate of drug-likeness (QED) is 0.525. The van der Waals surface area contributed by atoms with Crippen LogP contribution in [-0.4, -0.2) is 7.05 Å². The molecule has 1 aliphatic carbocycles. The first kappa shape index (κ1) is 18.0. The predicted octanol–water partition coefficient (Wildman–Crippen LogP) is 7.25. The molecule has 134 valence electrons. The molecule has 0 aliphatic heterocycles. The summed E-state index contributed by atoms with van der Waals surface area (Å²) in [6.07, 6.45) is 11.3. The summed E-state index contributed by atoms with van der Waals surface area (Å²) in [6, 6.07) is 18.0. The zero-order valence-corrected chi connectivity index (χ0v) is 15.9. The molecule has 0 saturated heterocycles. The van der Waals surface area contributed by atoms with Gasteiger partial charge in [-0.05, 0) is 66.3 Å². The molecule has 0 amide bonds. The molecule has 2 aromatic carbocycles. The molecule has 0 bridgehead atoms. The topological polar surface area (TPSA) is 12.0 Å². The Hall–Kier alpha value is -1.76. The average molecular weight is 336 g/mol. The number of anilines is 1. The Morgan fingerprint density at radius 1 is 0.800 bits per heavy atom. The molecule has 0 radical (unpaired) electrons. The van der Waals surface area contributed by atoms with Crippen molar-refractivity contribution in [2.45, 2.75) is 64.2 Å². The van der Waals surface area contributed by atoms with Gasteiger partial charge in [0.1, 0.15) is 0 Å². The van der Waals surface area contributed by atoms with Gasteiger partial charge in [-0.2, -0.15) is 0 Å². The molecule has 1 N–H and O–H groups in total. The SMILES string of the molecule is CCCCCC1CCC(c2ccc(-c3ccc(NC)cc3)cc2)CC1. The second-order valence-corrected chi connectivity index (χ2v) is 7.66. The first-order valence-electron chi connectivity index (χ1n) is 10.2. The molecule has 1 aliphatic rings. The normalized spacial score (nSPS) is 20.4. The third-order valence-corrected chi connectivity index (χ3v) is 5.95. The van der Waals surface area contributed by atoms with Crippen LogP contribution in [0.3, 0.4) is 0 Å². The summed E-state index contributed by atoms with van der Waals surface area (Å²) in [4.78, 5) is 0. The Labute approximate surface area is 153 Å². The molecule has 0 aromatic heterocycles. The van der Waals surface area contributed by atoms with Crippen molar-refractivity contribution in [3.8, 4) is 11.1 Å². The fraction of sp³-hybridized carbons (Fsp3) is 0.500. The van der Waals surface area contributed by atoms with E-state index in [9.17, 15) is 0 Å². The minimum atomic E-state index is 0.781. The largest absolute Gasteiger partial charge is 0.388 e. The van der Waals surface area contributed by atoms with E-state index in [1.807, 2.05) is 7.05 Å². The van der Waals surface area contributed by atoms with Crippen molar-refractivity contribution >= 4 is 5.69 Å². The number of nitrogens with one attached hydrogen (secondary N) is 1. The monoisotopic (exact) mass is 335 g/mol. The molecule has 2 aromatic rings. The summed E-state index contributed by atoms with van der Waals surface area (Å²) < 4.78 is 0. The number of hydrogen-bond acceptors (Lipinski definition) is 1. The fourth-order valence-corrected chi connectivity index (χ4v) is 4.24. The van der Waals surface area contributed by atoms with Gasteiger partial charge in [0, 0.05) is 12.7 Å². The van der Waals surface area contributed by atoms with Crippen LogP contribution in [0.5, 0.6) is 0 Å². The van der Waals surface area contributed by atoms with Gasteiger partial charge in [0.15, 0.2) is 0 Å². The second kappa shape index (κ2) is 9.08. The lowest BCUT2D eigenvalue weighted by Crippen LogP contribution is -2.13. The Morgan fingerprint density at radius 3 is 1.96 bits per heavy atom. The molecular formula is C24H33N. The van der Waals surface area contributed by atoms with Crippen molar-refractivity contribution in [1.82, 2.24) is 0 Å². The van der Waals surface area contributed by atoms with E-state index in [0.717, 1.165) is 17.5 Å². The molecule has 3 rings (SSSR count). The molecule has 1 heteroatoms. The molecule has 0 spiro atoms. The highest BCUT2D eigenvalue weighted by Crippen LogP contribution is 2.38. The van der Waals surface area contributed by atoms with E-state index in [1.165, 1.54) is 62.5 Å². The standard InChI is InChI=1S/C24H33N/c1-3-4-5-6-19-7-9-20(10-8-19)21-11-13-22(14-12-21)23-15-17-24(25-2)18-16-23/h11-20,25H,3-10H2,1-2H3. The fourth-order valence-electron chi connectivity index (χ4n) is 4.24. The van der Waals surface area contributed by atoms with E-state index in [1.54, 1.807) is 5.56 Å². The third kappa shape index (κ3) is 4.87. The second-order valence-electron chi connectivity index (χ2n) is 7.66. The molecular weight excluding hydrogens is 302 g/mol. The first-order valence-corrected chi connectivity index (χ1v) is 10.2. The maximum Gasteiger partial charge on any atom is 0.0337 e. The van der Waals surface area contributed by atoms with E-state index < -0.39 is 0 Å². The van der Waals surface area contributed by atoms with E-state index in [4.69, 9.17) is 0 Å². The van der Waals surface area contributed by atoms with Gasteiger partial charge in [-0.15, -0.1) is 0 Å². The molecule has 1 fully saturated rings. The van der Waals surface area contributed by atoms with Crippen LogP contribution in [-0.2, 0) is 0 Å². The van der Waals surface area contributed by atoms with Gasteiger partial charge in [-0.1, -0.05) is 69.0 Å². The van der Waals surface area contributed by atoms with Crippen LogP contribution in [0.1, 0.15) is 69.8 Å². The van der Waals surface area contributed by atoms with E-state index >= 15 is 0 Å². The van der Waals surface area contributed by atoms with Gasteiger partial charge in [-0.3, -0.25) is 0 Å². The van der Waals surface area contributed by atoms with Crippen molar-refractivity contribution in [1.29, 1.82) is 0 Å². The Kier molecular flexibility index (Phi) is 6.55. The predicted molar refractivity (Wildman–Crippen MR) is 110 cm³/mol. The lowest BCUT2D eigenvalue weighted by Gasteiger charge is -2.29. The zero-order valence-electron chi connectivity index (χ0n) is 15.9. The van der Waals surface area contributed by atoms with Crippen LogP contribution in [0.15, 0.2) is 48.5 Å². The molecule has 0 unspecified atom stereocenters. The van der Waals surface area contributed by atoms with Crippen molar-refractivity contribution in [3.05, 3.63) is 54.1 Å². The van der Waals surface area contributed by atoms with Crippen molar-refractivity contribution in [2.75, 3.05) is 12.4 Å². The van der Waals surface area contributed by atoms with Crippen LogP contribution in [0.2, 0.25) is 0 Å². The molecule has 0 atom stereocenters. The Bertz CT molecular complexity index is 618. The summed E-state index contributed by atoms with van der Waals surface area (Å²) in [7, 11) is 1.96. The highest BCUT2D eigenvalue weighted by atomic mass is 14.8. The van der Waals surface area contributed by atoms with Crippen LogP contribution in [0.25, 0.3) is 11.1 Å². The van der Waals surface area contributed by atoms with Gasteiger partial charge in [0.05, 0.1) is 0 Å². The van der Waals surface area contributed by atoms with Crippen LogP contribution in [0.4, 0.5) is 5.69 Å². The molecule has 1 nitrogen and oxygen atoms in total. The zero-order chi connectivity index (χ0) is 17.5. The summed E-state index contributed by atoms with van der Waals surface area (Å²) in [5.41, 5.74) is 5.32. The molecule has 0 heterocycles. The summed E-state index contributed by atoms with van der Waals surface area (Å²) in [5, 5.41) is 3.18. The minimum Gasteiger partial charge on any atom is -0.388 e. The first-order chi connectivity index (χ1) is 12.3. The van der Waals surface area contributed by atoms with Gasteiger partial charge >= 0.3 is 0 Å². The molecule has 25 heavy (non-hydrogen) atoms. The number of hydrogen-bond donors (Lipinski definition) is 1. The lowest BCUT2D eigenvalue weighted by molar-refractivity contribution is 0.303. The van der Waals surface area contributed by atoms with Gasteiger partial charge in [-0.25, -0.2) is 0 Å². The maximum absolute atomic E-state index is 3.18. The van der Waals surface area contributed by atoms with Gasteiger partial charge < -0.3 is 5.32 Å². The van der Waals surface area contributed by atoms with Crippen molar-refractivity contribution in [3.63, 3.8) is 0 Å². The van der Waals surface area contributed by atoms with Crippen LogP contribution in [0, 0.1) is 5.92 Å². The van der Waals surface area contributed by atoms with Crippen molar-refractivity contribution in [2.24, 2.45) is 5.92 Å². The summed E-state index contributed by atoms with van der Waals surface area (Å²) in [6.45, 7) is 2.30. The lowest BCUT2D eigenvalue weighted by atomic mass is 9.77. The van der Waals surface area contributed by atoms with E-state index in [2.05, 4.69) is 60.8 Å². The highest BCUT2D eigenvalue weighted by Gasteiger charge is 2.21. The Balaban J connectivity index is 1.56. The maximum atomic E-state index is 3.18.